The molecule has 0 aliphatic carbocycles. The van der Waals surface area contributed by atoms with Crippen LogP contribution in [0.4, 0.5) is 5.69 Å². The maximum atomic E-state index is 12.7. The number of amides is 1. The van der Waals surface area contributed by atoms with E-state index in [0.29, 0.717) is 37.3 Å². The summed E-state index contributed by atoms with van der Waals surface area (Å²) in [5.74, 6) is -0.180. The molecule has 7 heteroatoms. The second kappa shape index (κ2) is 7.06. The molecule has 2 unspecified atom stereocenters. The minimum Gasteiger partial charge on any atom is -0.392 e. The summed E-state index contributed by atoms with van der Waals surface area (Å²) in [5.41, 5.74) is 0.990. The summed E-state index contributed by atoms with van der Waals surface area (Å²) < 4.78 is 0. The molecule has 0 aromatic heterocycles. The summed E-state index contributed by atoms with van der Waals surface area (Å²) in [6.45, 7) is 7.95. The molecule has 1 aromatic rings. The third kappa shape index (κ3) is 4.27. The number of carbonyl (C=O) groups excluding carboxylic acids is 1. The van der Waals surface area contributed by atoms with E-state index >= 15 is 0 Å². The number of aliphatic hydroxyl groups excluding tert-OH is 1. The standard InChI is InChI=1S/C16H23N3O4/c1-11-6-14(8-15(7-11)19(22)23)16(21)18-5-4-17(9-12(18)2)10-13(3)20/h6-8,12-13,20H,4-5,9-10H2,1-3H3. The van der Waals surface area contributed by atoms with Crippen LogP contribution in [0, 0.1) is 17.0 Å². The molecule has 1 aliphatic rings. The normalized spacial score (nSPS) is 20.3. The van der Waals surface area contributed by atoms with E-state index in [1.54, 1.807) is 24.8 Å². The average molecular weight is 321 g/mol. The van der Waals surface area contributed by atoms with Crippen LogP contribution in [-0.2, 0) is 0 Å². The summed E-state index contributed by atoms with van der Waals surface area (Å²) in [5, 5.41) is 20.4. The Morgan fingerprint density at radius 1 is 1.43 bits per heavy atom. The summed E-state index contributed by atoms with van der Waals surface area (Å²) in [7, 11) is 0. The molecule has 0 bridgehead atoms. The number of aliphatic hydroxyl groups is 1. The highest BCUT2D eigenvalue weighted by Crippen LogP contribution is 2.20. The Morgan fingerprint density at radius 3 is 2.70 bits per heavy atom. The van der Waals surface area contributed by atoms with Crippen molar-refractivity contribution in [3.05, 3.63) is 39.4 Å². The molecule has 1 N–H and O–H groups in total. The van der Waals surface area contributed by atoms with Gasteiger partial charge in [0.05, 0.1) is 11.0 Å². The molecule has 1 fully saturated rings. The maximum Gasteiger partial charge on any atom is 0.270 e. The number of rotatable bonds is 4. The summed E-state index contributed by atoms with van der Waals surface area (Å²) in [6, 6.07) is 4.48. The highest BCUT2D eigenvalue weighted by molar-refractivity contribution is 5.95. The van der Waals surface area contributed by atoms with Crippen LogP contribution in [0.2, 0.25) is 0 Å². The van der Waals surface area contributed by atoms with Crippen molar-refractivity contribution in [2.45, 2.75) is 32.9 Å². The number of nitrogens with zero attached hydrogens (tertiary/aromatic N) is 3. The molecular formula is C16H23N3O4. The van der Waals surface area contributed by atoms with Crippen molar-refractivity contribution in [3.63, 3.8) is 0 Å². The number of carbonyl (C=O) groups is 1. The molecule has 2 atom stereocenters. The van der Waals surface area contributed by atoms with Crippen LogP contribution in [-0.4, -0.2) is 64.1 Å². The molecule has 0 radical (unpaired) electrons. The first-order chi connectivity index (χ1) is 10.8. The van der Waals surface area contributed by atoms with Gasteiger partial charge in [0.1, 0.15) is 0 Å². The Hall–Kier alpha value is -1.99. The Labute approximate surface area is 135 Å². The van der Waals surface area contributed by atoms with E-state index in [1.807, 2.05) is 6.92 Å². The fourth-order valence-electron chi connectivity index (χ4n) is 3.03. The molecule has 1 saturated heterocycles. The number of nitro groups is 1. The van der Waals surface area contributed by atoms with Gasteiger partial charge < -0.3 is 10.0 Å². The number of piperazine rings is 1. The quantitative estimate of drug-likeness (QED) is 0.669. The summed E-state index contributed by atoms with van der Waals surface area (Å²) in [6.07, 6.45) is -0.399. The van der Waals surface area contributed by atoms with Crippen molar-refractivity contribution in [3.8, 4) is 0 Å². The van der Waals surface area contributed by atoms with E-state index in [9.17, 15) is 20.0 Å². The molecule has 1 aromatic carbocycles. The van der Waals surface area contributed by atoms with Gasteiger partial charge in [0.15, 0.2) is 0 Å². The zero-order valence-electron chi connectivity index (χ0n) is 13.7. The number of non-ortho nitro benzene ring substituents is 1. The monoisotopic (exact) mass is 321 g/mol. The van der Waals surface area contributed by atoms with Crippen molar-refractivity contribution >= 4 is 11.6 Å². The second-order valence-corrected chi connectivity index (χ2v) is 6.27. The predicted octanol–water partition coefficient (Wildman–Crippen LogP) is 1.43. The van der Waals surface area contributed by atoms with Gasteiger partial charge in [0, 0.05) is 49.9 Å². The molecule has 2 rings (SSSR count). The van der Waals surface area contributed by atoms with Crippen molar-refractivity contribution in [2.75, 3.05) is 26.2 Å². The molecule has 0 spiro atoms. The van der Waals surface area contributed by atoms with E-state index in [-0.39, 0.29) is 17.6 Å². The van der Waals surface area contributed by atoms with Gasteiger partial charge in [-0.15, -0.1) is 0 Å². The van der Waals surface area contributed by atoms with Crippen LogP contribution in [0.15, 0.2) is 18.2 Å². The molecule has 1 amide bonds. The van der Waals surface area contributed by atoms with E-state index < -0.39 is 11.0 Å². The number of nitro benzene ring substituents is 1. The van der Waals surface area contributed by atoms with Crippen LogP contribution in [0.5, 0.6) is 0 Å². The van der Waals surface area contributed by atoms with E-state index in [1.165, 1.54) is 12.1 Å². The lowest BCUT2D eigenvalue weighted by Crippen LogP contribution is -2.55. The van der Waals surface area contributed by atoms with Crippen LogP contribution in [0.25, 0.3) is 0 Å². The van der Waals surface area contributed by atoms with Gasteiger partial charge >= 0.3 is 0 Å². The van der Waals surface area contributed by atoms with Crippen LogP contribution < -0.4 is 0 Å². The van der Waals surface area contributed by atoms with E-state index in [0.717, 1.165) is 0 Å². The summed E-state index contributed by atoms with van der Waals surface area (Å²) >= 11 is 0. The Balaban J connectivity index is 2.14. The van der Waals surface area contributed by atoms with E-state index in [4.69, 9.17) is 0 Å². The number of β-amino-alcohol motifs (C(OH)–C–C–N with tert-alkyl or cyclic N) is 1. The van der Waals surface area contributed by atoms with Gasteiger partial charge in [-0.2, -0.15) is 0 Å². The molecule has 7 nitrogen and oxygen atoms in total. The fraction of sp³-hybridized carbons (Fsp3) is 0.562. The van der Waals surface area contributed by atoms with Crippen molar-refractivity contribution in [1.29, 1.82) is 0 Å². The predicted molar refractivity (Wildman–Crippen MR) is 86.5 cm³/mol. The minimum absolute atomic E-state index is 0.00503. The van der Waals surface area contributed by atoms with Gasteiger partial charge in [-0.3, -0.25) is 19.8 Å². The maximum absolute atomic E-state index is 12.7. The third-order valence-corrected chi connectivity index (χ3v) is 4.01. The zero-order valence-corrected chi connectivity index (χ0v) is 13.7. The fourth-order valence-corrected chi connectivity index (χ4v) is 3.03. The topological polar surface area (TPSA) is 86.9 Å². The lowest BCUT2D eigenvalue weighted by Gasteiger charge is -2.40. The molecule has 1 heterocycles. The largest absolute Gasteiger partial charge is 0.392 e. The number of benzene rings is 1. The van der Waals surface area contributed by atoms with Crippen molar-refractivity contribution in [1.82, 2.24) is 9.80 Å². The van der Waals surface area contributed by atoms with Gasteiger partial charge in [-0.25, -0.2) is 0 Å². The first kappa shape index (κ1) is 17.4. The Bertz CT molecular complexity index is 603. The number of hydrogen-bond donors (Lipinski definition) is 1. The highest BCUT2D eigenvalue weighted by Gasteiger charge is 2.29. The zero-order chi connectivity index (χ0) is 17.1. The number of hydrogen-bond acceptors (Lipinski definition) is 5. The Kier molecular flexibility index (Phi) is 5.33. The molecule has 23 heavy (non-hydrogen) atoms. The molecular weight excluding hydrogens is 298 g/mol. The molecule has 1 aliphatic heterocycles. The minimum atomic E-state index is -0.478. The van der Waals surface area contributed by atoms with Crippen molar-refractivity contribution in [2.24, 2.45) is 0 Å². The van der Waals surface area contributed by atoms with Crippen LogP contribution in [0.1, 0.15) is 29.8 Å². The van der Waals surface area contributed by atoms with Gasteiger partial charge in [0.2, 0.25) is 0 Å². The second-order valence-electron chi connectivity index (χ2n) is 6.27. The third-order valence-electron chi connectivity index (χ3n) is 4.01. The SMILES string of the molecule is Cc1cc(C(=O)N2CCN(CC(C)O)CC2C)cc([N+](=O)[O-])c1. The average Bonchev–Trinajstić information content (AvgIpc) is 2.45. The number of aryl methyl sites for hydroxylation is 1. The smallest absolute Gasteiger partial charge is 0.270 e. The van der Waals surface area contributed by atoms with Crippen LogP contribution in [0.3, 0.4) is 0 Å². The highest BCUT2D eigenvalue weighted by atomic mass is 16.6. The first-order valence-electron chi connectivity index (χ1n) is 7.75. The Morgan fingerprint density at radius 2 is 2.13 bits per heavy atom. The van der Waals surface area contributed by atoms with Gasteiger partial charge in [-0.1, -0.05) is 0 Å². The van der Waals surface area contributed by atoms with E-state index in [2.05, 4.69) is 4.90 Å². The molecule has 126 valence electrons. The first-order valence-corrected chi connectivity index (χ1v) is 7.75. The van der Waals surface area contributed by atoms with Crippen LogP contribution >= 0.6 is 0 Å². The molecule has 0 saturated carbocycles. The summed E-state index contributed by atoms with van der Waals surface area (Å²) in [4.78, 5) is 27.1. The lowest BCUT2D eigenvalue weighted by atomic mass is 10.1. The van der Waals surface area contributed by atoms with Gasteiger partial charge in [-0.05, 0) is 32.4 Å². The van der Waals surface area contributed by atoms with Gasteiger partial charge in [0.25, 0.3) is 11.6 Å². The lowest BCUT2D eigenvalue weighted by molar-refractivity contribution is -0.384. The van der Waals surface area contributed by atoms with Crippen molar-refractivity contribution < 1.29 is 14.8 Å².